The van der Waals surface area contributed by atoms with Crippen molar-refractivity contribution in [3.8, 4) is 0 Å². The molecule has 2 aromatic carbocycles. The average Bonchev–Trinajstić information content (AvgIpc) is 3.15. The average molecular weight is 359 g/mol. The van der Waals surface area contributed by atoms with Crippen LogP contribution in [0.5, 0.6) is 0 Å². The van der Waals surface area contributed by atoms with Crippen molar-refractivity contribution in [1.82, 2.24) is 0 Å². The van der Waals surface area contributed by atoms with E-state index in [-0.39, 0.29) is 16.1 Å². The number of carboxylic acids is 1. The lowest BCUT2D eigenvalue weighted by Crippen LogP contribution is -2.20. The van der Waals surface area contributed by atoms with Gasteiger partial charge in [0.2, 0.25) is 0 Å². The summed E-state index contributed by atoms with van der Waals surface area (Å²) in [6.45, 7) is 1.62. The largest absolute Gasteiger partial charge is 0.478 e. The molecule has 1 N–H and O–H groups in total. The number of hydrogen-bond donors (Lipinski definition) is 1. The molecule has 0 spiro atoms. The maximum atomic E-state index is 12.1. The second-order valence-electron chi connectivity index (χ2n) is 5.67. The minimum atomic E-state index is -3.92. The van der Waals surface area contributed by atoms with Crippen LogP contribution in [0.25, 0.3) is 0 Å². The summed E-state index contributed by atoms with van der Waals surface area (Å²) >= 11 is 0. The zero-order valence-electron chi connectivity index (χ0n) is 13.4. The van der Waals surface area contributed by atoms with Gasteiger partial charge in [-0.05, 0) is 43.2 Å². The third-order valence-electron chi connectivity index (χ3n) is 3.96. The predicted octanol–water partition coefficient (Wildman–Crippen LogP) is 3.46. The molecular formula is C17H17N3O4S. The van der Waals surface area contributed by atoms with Crippen molar-refractivity contribution in [3.63, 3.8) is 0 Å². The summed E-state index contributed by atoms with van der Waals surface area (Å²) in [5.41, 5.74) is 0.894. The number of benzene rings is 2. The number of rotatable bonds is 5. The van der Waals surface area contributed by atoms with E-state index in [0.29, 0.717) is 5.69 Å². The fraction of sp³-hybridized carbons (Fsp3) is 0.235. The molecule has 130 valence electrons. The first-order valence-electron chi connectivity index (χ1n) is 7.83. The van der Waals surface area contributed by atoms with Gasteiger partial charge >= 0.3 is 5.97 Å². The molecule has 0 unspecified atom stereocenters. The zero-order valence-corrected chi connectivity index (χ0v) is 14.2. The van der Waals surface area contributed by atoms with Gasteiger partial charge in [0.15, 0.2) is 0 Å². The van der Waals surface area contributed by atoms with Crippen molar-refractivity contribution >= 4 is 27.4 Å². The van der Waals surface area contributed by atoms with Gasteiger partial charge in [0.25, 0.3) is 10.0 Å². The fourth-order valence-electron chi connectivity index (χ4n) is 2.73. The molecule has 3 rings (SSSR count). The van der Waals surface area contributed by atoms with Crippen LogP contribution in [0.2, 0.25) is 0 Å². The summed E-state index contributed by atoms with van der Waals surface area (Å²) < 4.78 is 27.6. The lowest BCUT2D eigenvalue weighted by atomic mass is 10.1. The van der Waals surface area contributed by atoms with Gasteiger partial charge < -0.3 is 10.0 Å². The number of sulfonamides is 1. The molecule has 7 nitrogen and oxygen atoms in total. The number of carbonyl (C=O) groups is 1. The molecule has 1 fully saturated rings. The smallest absolute Gasteiger partial charge is 0.337 e. The van der Waals surface area contributed by atoms with Crippen molar-refractivity contribution in [3.05, 3.63) is 54.1 Å². The Kier molecular flexibility index (Phi) is 4.80. The molecule has 0 aliphatic carbocycles. The summed E-state index contributed by atoms with van der Waals surface area (Å²) in [4.78, 5) is 13.6. The maximum absolute atomic E-state index is 12.1. The summed E-state index contributed by atoms with van der Waals surface area (Å²) in [6, 6.07) is 12.3. The minimum absolute atomic E-state index is 0.0332. The number of anilines is 1. The molecule has 0 saturated carbocycles. The van der Waals surface area contributed by atoms with Crippen molar-refractivity contribution in [2.45, 2.75) is 17.7 Å². The van der Waals surface area contributed by atoms with Gasteiger partial charge in [-0.2, -0.15) is 8.42 Å². The van der Waals surface area contributed by atoms with Crippen LogP contribution in [0, 0.1) is 0 Å². The van der Waals surface area contributed by atoms with Gasteiger partial charge in [0.05, 0.1) is 21.8 Å². The normalized spacial score (nSPS) is 15.0. The first-order valence-corrected chi connectivity index (χ1v) is 9.27. The Bertz CT molecular complexity index is 905. The number of hydrogen-bond acceptors (Lipinski definition) is 5. The van der Waals surface area contributed by atoms with E-state index in [1.165, 1.54) is 18.2 Å². The van der Waals surface area contributed by atoms with Gasteiger partial charge in [-0.3, -0.25) is 0 Å². The molecule has 0 bridgehead atoms. The molecule has 1 saturated heterocycles. The Labute approximate surface area is 145 Å². The second-order valence-corrected chi connectivity index (χ2v) is 7.26. The van der Waals surface area contributed by atoms with E-state index in [9.17, 15) is 18.3 Å². The molecule has 1 aliphatic rings. The van der Waals surface area contributed by atoms with Gasteiger partial charge in [0, 0.05) is 13.1 Å². The van der Waals surface area contributed by atoms with Gasteiger partial charge in [-0.1, -0.05) is 22.7 Å². The van der Waals surface area contributed by atoms with Crippen LogP contribution >= 0.6 is 0 Å². The van der Waals surface area contributed by atoms with E-state index in [1.807, 2.05) is 4.90 Å². The van der Waals surface area contributed by atoms with Crippen LogP contribution in [-0.2, 0) is 10.0 Å². The van der Waals surface area contributed by atoms with E-state index in [4.69, 9.17) is 0 Å². The lowest BCUT2D eigenvalue weighted by Gasteiger charge is -2.19. The summed E-state index contributed by atoms with van der Waals surface area (Å²) in [5, 5.41) is 13.2. The third kappa shape index (κ3) is 3.85. The van der Waals surface area contributed by atoms with E-state index < -0.39 is 16.0 Å². The van der Waals surface area contributed by atoms with Crippen LogP contribution in [0.3, 0.4) is 0 Å². The Morgan fingerprint density at radius 2 is 1.72 bits per heavy atom. The van der Waals surface area contributed by atoms with E-state index >= 15 is 0 Å². The second kappa shape index (κ2) is 7.02. The Balaban J connectivity index is 1.90. The summed E-state index contributed by atoms with van der Waals surface area (Å²) in [5.74, 6) is -1.08. The van der Waals surface area contributed by atoms with E-state index in [0.717, 1.165) is 25.9 Å². The van der Waals surface area contributed by atoms with Crippen LogP contribution in [-0.4, -0.2) is 32.6 Å². The molecule has 0 amide bonds. The molecule has 0 aromatic heterocycles. The van der Waals surface area contributed by atoms with E-state index in [2.05, 4.69) is 9.63 Å². The number of nitrogens with zero attached hydrogens (tertiary/aromatic N) is 3. The molecule has 8 heteroatoms. The maximum Gasteiger partial charge on any atom is 0.337 e. The Morgan fingerprint density at radius 1 is 1.04 bits per heavy atom. The standard InChI is InChI=1S/C17H17N3O4S/c21-17(22)15-12-13(8-9-16(15)20-10-4-5-11-20)18-19-25(23,24)14-6-2-1-3-7-14/h1-3,6-9,12H,4-5,10-11H2,(H,21,22). The molecule has 2 aromatic rings. The lowest BCUT2D eigenvalue weighted by molar-refractivity contribution is 0.0697. The highest BCUT2D eigenvalue weighted by Crippen LogP contribution is 2.29. The third-order valence-corrected chi connectivity index (χ3v) is 5.13. The Hall–Kier alpha value is -2.74. The minimum Gasteiger partial charge on any atom is -0.478 e. The molecular weight excluding hydrogens is 342 g/mol. The van der Waals surface area contributed by atoms with E-state index in [1.54, 1.807) is 30.3 Å². The molecule has 1 aliphatic heterocycles. The van der Waals surface area contributed by atoms with Crippen molar-refractivity contribution in [2.24, 2.45) is 9.63 Å². The highest BCUT2D eigenvalue weighted by molar-refractivity contribution is 7.90. The first-order chi connectivity index (χ1) is 12.0. The SMILES string of the molecule is O=C(O)c1cc(N=NS(=O)(=O)c2ccccc2)ccc1N1CCCC1. The van der Waals surface area contributed by atoms with Gasteiger partial charge in [-0.15, -0.1) is 5.11 Å². The quantitative estimate of drug-likeness (QED) is 0.824. The molecule has 25 heavy (non-hydrogen) atoms. The van der Waals surface area contributed by atoms with Crippen LogP contribution in [0.15, 0.2) is 63.1 Å². The molecule has 0 atom stereocenters. The fourth-order valence-corrected chi connectivity index (χ4v) is 3.53. The van der Waals surface area contributed by atoms with Gasteiger partial charge in [0.1, 0.15) is 0 Å². The van der Waals surface area contributed by atoms with Crippen LogP contribution in [0.1, 0.15) is 23.2 Å². The van der Waals surface area contributed by atoms with Crippen molar-refractivity contribution < 1.29 is 18.3 Å². The highest BCUT2D eigenvalue weighted by Gasteiger charge is 2.20. The van der Waals surface area contributed by atoms with Crippen LogP contribution < -0.4 is 4.90 Å². The topological polar surface area (TPSA) is 99.4 Å². The molecule has 0 radical (unpaired) electrons. The summed E-state index contributed by atoms with van der Waals surface area (Å²) in [6.07, 6.45) is 2.05. The summed E-state index contributed by atoms with van der Waals surface area (Å²) in [7, 11) is -3.92. The Morgan fingerprint density at radius 3 is 2.36 bits per heavy atom. The zero-order chi connectivity index (χ0) is 17.9. The van der Waals surface area contributed by atoms with Crippen LogP contribution in [0.4, 0.5) is 11.4 Å². The first kappa shape index (κ1) is 17.1. The van der Waals surface area contributed by atoms with Crippen molar-refractivity contribution in [2.75, 3.05) is 18.0 Å². The van der Waals surface area contributed by atoms with Gasteiger partial charge in [-0.25, -0.2) is 4.79 Å². The van der Waals surface area contributed by atoms with Crippen molar-refractivity contribution in [1.29, 1.82) is 0 Å². The highest BCUT2D eigenvalue weighted by atomic mass is 32.2. The predicted molar refractivity (Wildman–Crippen MR) is 93.0 cm³/mol. The number of aromatic carboxylic acids is 1. The monoisotopic (exact) mass is 359 g/mol. The molecule has 1 heterocycles. The number of carboxylic acid groups (broad SMARTS) is 1.